The Hall–Kier alpha value is -0.0800. The molecule has 0 aromatic rings. The van der Waals surface area contributed by atoms with E-state index in [-0.39, 0.29) is 17.7 Å². The fraction of sp³-hybridized carbons (Fsp3) is 0.800. The van der Waals surface area contributed by atoms with Crippen molar-refractivity contribution in [2.75, 3.05) is 5.88 Å². The molecule has 0 aliphatic rings. The molecule has 3 heteroatoms. The number of carbonyl (C=O) groups is 1. The van der Waals surface area contributed by atoms with E-state index in [1.54, 1.807) is 0 Å². The highest BCUT2D eigenvalue weighted by atomic mass is 35.5. The van der Waals surface area contributed by atoms with Gasteiger partial charge in [0.05, 0.1) is 11.9 Å². The van der Waals surface area contributed by atoms with E-state index in [1.807, 2.05) is 6.92 Å². The molecule has 1 unspecified atom stereocenters. The van der Waals surface area contributed by atoms with Gasteiger partial charge in [0.15, 0.2) is 5.78 Å². The Morgan fingerprint density at radius 1 is 1.88 bits per heavy atom. The van der Waals surface area contributed by atoms with Gasteiger partial charge in [-0.2, -0.15) is 0 Å². The van der Waals surface area contributed by atoms with Gasteiger partial charge in [0.25, 0.3) is 0 Å². The highest BCUT2D eigenvalue weighted by Gasteiger charge is 2.07. The molecule has 8 heavy (non-hydrogen) atoms. The molecule has 0 spiro atoms. The topological polar surface area (TPSA) is 43.1 Å². The third kappa shape index (κ3) is 2.28. The van der Waals surface area contributed by atoms with Crippen LogP contribution in [0.1, 0.15) is 13.3 Å². The molecule has 0 heterocycles. The van der Waals surface area contributed by atoms with Crippen molar-refractivity contribution in [3.8, 4) is 0 Å². The van der Waals surface area contributed by atoms with Gasteiger partial charge in [-0.25, -0.2) is 0 Å². The Balaban J connectivity index is 3.46. The Kier molecular flexibility index (Phi) is 3.83. The predicted molar refractivity (Wildman–Crippen MR) is 34.0 cm³/mol. The van der Waals surface area contributed by atoms with Crippen LogP contribution in [0.5, 0.6) is 0 Å². The van der Waals surface area contributed by atoms with Crippen molar-refractivity contribution in [3.63, 3.8) is 0 Å². The normalized spacial score (nSPS) is 13.4. The zero-order valence-electron chi connectivity index (χ0n) is 4.86. The number of hydrogen-bond acceptors (Lipinski definition) is 2. The summed E-state index contributed by atoms with van der Waals surface area (Å²) in [5, 5.41) is 0. The van der Waals surface area contributed by atoms with Crippen LogP contribution >= 0.6 is 11.6 Å². The molecule has 2 nitrogen and oxygen atoms in total. The lowest BCUT2D eigenvalue weighted by molar-refractivity contribution is -0.117. The van der Waals surface area contributed by atoms with Crippen molar-refractivity contribution in [3.05, 3.63) is 0 Å². The van der Waals surface area contributed by atoms with Gasteiger partial charge in [-0.05, 0) is 6.42 Å². The summed E-state index contributed by atoms with van der Waals surface area (Å²) in [6, 6.07) is -0.354. The number of alkyl halides is 1. The van der Waals surface area contributed by atoms with E-state index in [9.17, 15) is 4.79 Å². The van der Waals surface area contributed by atoms with Crippen molar-refractivity contribution in [2.45, 2.75) is 19.4 Å². The van der Waals surface area contributed by atoms with E-state index in [2.05, 4.69) is 0 Å². The smallest absolute Gasteiger partial charge is 0.164 e. The first-order chi connectivity index (χ1) is 3.72. The number of halogens is 1. The van der Waals surface area contributed by atoms with E-state index in [0.717, 1.165) is 0 Å². The second-order valence-corrected chi connectivity index (χ2v) is 1.88. The van der Waals surface area contributed by atoms with Gasteiger partial charge >= 0.3 is 0 Å². The molecule has 0 saturated heterocycles. The van der Waals surface area contributed by atoms with E-state index < -0.39 is 0 Å². The summed E-state index contributed by atoms with van der Waals surface area (Å²) in [5.74, 6) is -0.0381. The zero-order valence-corrected chi connectivity index (χ0v) is 5.61. The average Bonchev–Trinajstić information content (AvgIpc) is 1.84. The molecule has 0 radical (unpaired) electrons. The number of hydrogen-bond donors (Lipinski definition) is 1. The molecular weight excluding hydrogens is 126 g/mol. The third-order valence-corrected chi connectivity index (χ3v) is 1.25. The van der Waals surface area contributed by atoms with Crippen LogP contribution in [0.25, 0.3) is 0 Å². The standard InChI is InChI=1S/C5H10ClNO/c1-2-4(7)5(8)3-6/h4H,2-3,7H2,1H3. The van der Waals surface area contributed by atoms with Crippen LogP contribution in [-0.2, 0) is 4.79 Å². The van der Waals surface area contributed by atoms with Gasteiger partial charge in [-0.15, -0.1) is 11.6 Å². The second-order valence-electron chi connectivity index (χ2n) is 1.61. The van der Waals surface area contributed by atoms with Gasteiger partial charge in [-0.3, -0.25) is 4.79 Å². The molecule has 0 aliphatic heterocycles. The number of Topliss-reactive ketones (excluding diaryl/α,β-unsaturated/α-hetero) is 1. The highest BCUT2D eigenvalue weighted by molar-refractivity contribution is 6.28. The minimum Gasteiger partial charge on any atom is -0.321 e. The maximum atomic E-state index is 10.5. The summed E-state index contributed by atoms with van der Waals surface area (Å²) in [6.45, 7) is 1.86. The maximum absolute atomic E-state index is 10.5. The fourth-order valence-electron chi connectivity index (χ4n) is 0.327. The van der Waals surface area contributed by atoms with Crippen molar-refractivity contribution in [1.82, 2.24) is 0 Å². The average molecular weight is 136 g/mol. The maximum Gasteiger partial charge on any atom is 0.164 e. The van der Waals surface area contributed by atoms with Gasteiger partial charge < -0.3 is 5.73 Å². The van der Waals surface area contributed by atoms with Gasteiger partial charge in [0, 0.05) is 0 Å². The summed E-state index contributed by atoms with van der Waals surface area (Å²) in [5.41, 5.74) is 5.29. The van der Waals surface area contributed by atoms with Crippen LogP contribution in [-0.4, -0.2) is 17.7 Å². The minimum absolute atomic E-state index is 0.0367. The molecular formula is C5H10ClNO. The number of ketones is 1. The summed E-state index contributed by atoms with van der Waals surface area (Å²) >= 11 is 5.20. The van der Waals surface area contributed by atoms with Crippen molar-refractivity contribution >= 4 is 17.4 Å². The van der Waals surface area contributed by atoms with Crippen LogP contribution in [0.15, 0.2) is 0 Å². The Morgan fingerprint density at radius 2 is 2.38 bits per heavy atom. The first-order valence-electron chi connectivity index (χ1n) is 2.56. The van der Waals surface area contributed by atoms with Gasteiger partial charge in [-0.1, -0.05) is 6.92 Å². The second kappa shape index (κ2) is 3.87. The molecule has 0 aliphatic carbocycles. The quantitative estimate of drug-likeness (QED) is 0.574. The van der Waals surface area contributed by atoms with E-state index >= 15 is 0 Å². The molecule has 1 atom stereocenters. The lowest BCUT2D eigenvalue weighted by atomic mass is 10.2. The molecule has 0 saturated carbocycles. The molecule has 48 valence electrons. The monoisotopic (exact) mass is 135 g/mol. The van der Waals surface area contributed by atoms with Crippen LogP contribution < -0.4 is 5.73 Å². The van der Waals surface area contributed by atoms with Crippen molar-refractivity contribution in [2.24, 2.45) is 5.73 Å². The molecule has 0 fully saturated rings. The first kappa shape index (κ1) is 7.92. The molecule has 0 amide bonds. The van der Waals surface area contributed by atoms with Crippen LogP contribution in [0.4, 0.5) is 0 Å². The van der Waals surface area contributed by atoms with E-state index in [4.69, 9.17) is 17.3 Å². The van der Waals surface area contributed by atoms with E-state index in [0.29, 0.717) is 6.42 Å². The van der Waals surface area contributed by atoms with Crippen LogP contribution in [0, 0.1) is 0 Å². The number of nitrogens with two attached hydrogens (primary N) is 1. The molecule has 2 N–H and O–H groups in total. The third-order valence-electron chi connectivity index (χ3n) is 0.985. The Labute approximate surface area is 54.0 Å². The largest absolute Gasteiger partial charge is 0.321 e. The Bertz CT molecular complexity index is 84.5. The van der Waals surface area contributed by atoms with E-state index in [1.165, 1.54) is 0 Å². The summed E-state index contributed by atoms with van der Waals surface area (Å²) in [4.78, 5) is 10.5. The Morgan fingerprint density at radius 3 is 2.50 bits per heavy atom. The van der Waals surface area contributed by atoms with Gasteiger partial charge in [0.2, 0.25) is 0 Å². The summed E-state index contributed by atoms with van der Waals surface area (Å²) in [6.07, 6.45) is 0.672. The SMILES string of the molecule is CCC(N)C(=O)CCl. The summed E-state index contributed by atoms with van der Waals surface area (Å²) < 4.78 is 0. The fourth-order valence-corrected chi connectivity index (χ4v) is 0.525. The predicted octanol–water partition coefficient (Wildman–Crippen LogP) is 0.532. The van der Waals surface area contributed by atoms with Crippen molar-refractivity contribution in [1.29, 1.82) is 0 Å². The number of carbonyl (C=O) groups excluding carboxylic acids is 1. The van der Waals surface area contributed by atoms with Crippen molar-refractivity contribution < 1.29 is 4.79 Å². The van der Waals surface area contributed by atoms with Crippen LogP contribution in [0.3, 0.4) is 0 Å². The van der Waals surface area contributed by atoms with Gasteiger partial charge in [0.1, 0.15) is 0 Å². The molecule has 0 rings (SSSR count). The molecule has 0 aromatic heterocycles. The zero-order chi connectivity index (χ0) is 6.57. The number of rotatable bonds is 3. The summed E-state index contributed by atoms with van der Waals surface area (Å²) in [7, 11) is 0. The molecule has 0 aromatic carbocycles. The van der Waals surface area contributed by atoms with Crippen LogP contribution in [0.2, 0.25) is 0 Å². The minimum atomic E-state index is -0.354. The molecule has 0 bridgehead atoms. The lowest BCUT2D eigenvalue weighted by Gasteiger charge is -2.01. The first-order valence-corrected chi connectivity index (χ1v) is 3.10. The lowest BCUT2D eigenvalue weighted by Crippen LogP contribution is -2.30. The highest BCUT2D eigenvalue weighted by Crippen LogP contribution is 1.89.